The highest BCUT2D eigenvalue weighted by atomic mass is 16.3. The van der Waals surface area contributed by atoms with E-state index in [-0.39, 0.29) is 6.10 Å². The third-order valence-electron chi connectivity index (χ3n) is 6.41. The Balaban J connectivity index is 1.19. The zero-order valence-corrected chi connectivity index (χ0v) is 20.3. The largest absolute Gasteiger partial charge is 0.444 e. The lowest BCUT2D eigenvalue weighted by Gasteiger charge is -2.29. The average molecular weight is 483 g/mol. The molecule has 0 saturated carbocycles. The number of aliphatic hydroxyl groups excluding tert-OH is 2. The molecule has 0 spiro atoms. The maximum atomic E-state index is 9.83. The number of likely N-dealkylation sites (tertiary alicyclic amines) is 1. The van der Waals surface area contributed by atoms with Crippen LogP contribution in [-0.4, -0.2) is 48.8 Å². The first-order chi connectivity index (χ1) is 17.5. The van der Waals surface area contributed by atoms with Crippen molar-refractivity contribution in [2.75, 3.05) is 13.1 Å². The number of aromatic nitrogens is 3. The maximum absolute atomic E-state index is 9.83. The van der Waals surface area contributed by atoms with Gasteiger partial charge in [0.15, 0.2) is 0 Å². The molecule has 2 N–H and O–H groups in total. The van der Waals surface area contributed by atoms with Gasteiger partial charge in [-0.05, 0) is 61.7 Å². The summed E-state index contributed by atoms with van der Waals surface area (Å²) in [4.78, 5) is 11.2. The molecule has 184 valence electrons. The van der Waals surface area contributed by atoms with E-state index >= 15 is 0 Å². The van der Waals surface area contributed by atoms with E-state index in [0.717, 1.165) is 54.9 Å². The molecule has 1 aliphatic rings. The highest BCUT2D eigenvalue weighted by Gasteiger charge is 2.16. The number of aliphatic hydroxyl groups is 2. The molecule has 0 bridgehead atoms. The second kappa shape index (κ2) is 10.9. The predicted octanol–water partition coefficient (Wildman–Crippen LogP) is 4.00. The van der Waals surface area contributed by atoms with Crippen LogP contribution >= 0.6 is 0 Å². The van der Waals surface area contributed by atoms with Crippen molar-refractivity contribution in [1.82, 2.24) is 19.4 Å². The van der Waals surface area contributed by atoms with E-state index in [0.29, 0.717) is 18.3 Å². The molecule has 1 fully saturated rings. The first-order valence-corrected chi connectivity index (χ1v) is 12.3. The summed E-state index contributed by atoms with van der Waals surface area (Å²) >= 11 is 0. The smallest absolute Gasteiger partial charge is 0.226 e. The molecule has 3 heterocycles. The first-order valence-electron chi connectivity index (χ1n) is 12.3. The molecule has 1 atom stereocenters. The second-order valence-corrected chi connectivity index (χ2v) is 9.26. The van der Waals surface area contributed by atoms with Crippen molar-refractivity contribution in [3.8, 4) is 23.3 Å². The Bertz CT molecular complexity index is 1340. The number of piperidine rings is 1. The van der Waals surface area contributed by atoms with Crippen LogP contribution < -0.4 is 0 Å². The molecule has 5 rings (SSSR count). The number of oxazole rings is 1. The van der Waals surface area contributed by atoms with E-state index in [9.17, 15) is 10.2 Å². The number of imidazole rings is 1. The van der Waals surface area contributed by atoms with Crippen molar-refractivity contribution < 1.29 is 14.6 Å². The summed E-state index contributed by atoms with van der Waals surface area (Å²) in [6.45, 7) is 4.97. The molecule has 2 aromatic heterocycles. The number of nitrogens with zero attached hydrogens (tertiary/aromatic N) is 4. The number of hydrogen-bond donors (Lipinski definition) is 2. The minimum Gasteiger partial charge on any atom is -0.444 e. The van der Waals surface area contributed by atoms with Gasteiger partial charge in [0.05, 0.1) is 18.3 Å². The fourth-order valence-electron chi connectivity index (χ4n) is 4.38. The van der Waals surface area contributed by atoms with E-state index in [4.69, 9.17) is 4.42 Å². The molecular weight excluding hydrogens is 452 g/mol. The molecular formula is C29H30N4O3. The van der Waals surface area contributed by atoms with Gasteiger partial charge in [0.25, 0.3) is 0 Å². The van der Waals surface area contributed by atoms with Crippen molar-refractivity contribution >= 4 is 0 Å². The normalized spacial score (nSPS) is 15.4. The van der Waals surface area contributed by atoms with Crippen LogP contribution in [0.3, 0.4) is 0 Å². The molecule has 36 heavy (non-hydrogen) atoms. The van der Waals surface area contributed by atoms with E-state index in [1.807, 2.05) is 35.0 Å². The van der Waals surface area contributed by atoms with Crippen molar-refractivity contribution in [3.05, 3.63) is 95.4 Å². The van der Waals surface area contributed by atoms with Crippen LogP contribution in [-0.2, 0) is 13.1 Å². The van der Waals surface area contributed by atoms with Crippen LogP contribution in [0.1, 0.15) is 54.1 Å². The molecule has 7 nitrogen and oxygen atoms in total. The summed E-state index contributed by atoms with van der Waals surface area (Å²) < 4.78 is 7.54. The molecule has 7 heteroatoms. The van der Waals surface area contributed by atoms with Gasteiger partial charge in [0, 0.05) is 48.7 Å². The van der Waals surface area contributed by atoms with Gasteiger partial charge in [-0.25, -0.2) is 9.97 Å². The molecule has 0 amide bonds. The van der Waals surface area contributed by atoms with Gasteiger partial charge < -0.3 is 19.2 Å². The lowest BCUT2D eigenvalue weighted by Crippen LogP contribution is -2.35. The number of rotatable bonds is 6. The van der Waals surface area contributed by atoms with Gasteiger partial charge in [-0.1, -0.05) is 24.0 Å². The standard InChI is InChI=1S/C29H30N4O3/c1-21(34)28-30-14-17-33(28)19-26-20-36-29(31-26)25-10-8-23(9-11-25)3-2-22-4-6-24(7-5-22)18-32-15-12-27(35)13-16-32/h4-11,14,17,20-21,27,34-35H,12-13,15-16,18-19H2,1H3/t21-/m0/s1. The fourth-order valence-corrected chi connectivity index (χ4v) is 4.38. The Labute approximate surface area is 211 Å². The van der Waals surface area contributed by atoms with Gasteiger partial charge >= 0.3 is 0 Å². The fraction of sp³-hybridized carbons (Fsp3) is 0.310. The third-order valence-corrected chi connectivity index (χ3v) is 6.41. The van der Waals surface area contributed by atoms with Crippen molar-refractivity contribution in [2.45, 2.75) is 45.1 Å². The molecule has 0 aliphatic carbocycles. The lowest BCUT2D eigenvalue weighted by atomic mass is 10.1. The second-order valence-electron chi connectivity index (χ2n) is 9.26. The summed E-state index contributed by atoms with van der Waals surface area (Å²) in [5.74, 6) is 7.60. The average Bonchev–Trinajstić information content (AvgIpc) is 3.56. The van der Waals surface area contributed by atoms with Crippen molar-refractivity contribution in [2.24, 2.45) is 0 Å². The Hall–Kier alpha value is -3.70. The van der Waals surface area contributed by atoms with Crippen LogP contribution in [0, 0.1) is 11.8 Å². The first kappa shape index (κ1) is 24.0. The zero-order chi connectivity index (χ0) is 24.9. The zero-order valence-electron chi connectivity index (χ0n) is 20.3. The Morgan fingerprint density at radius 3 is 2.33 bits per heavy atom. The van der Waals surface area contributed by atoms with Gasteiger partial charge in [-0.15, -0.1) is 0 Å². The number of hydrogen-bond acceptors (Lipinski definition) is 6. The summed E-state index contributed by atoms with van der Waals surface area (Å²) in [5.41, 5.74) is 4.80. The van der Waals surface area contributed by atoms with Crippen molar-refractivity contribution in [3.63, 3.8) is 0 Å². The van der Waals surface area contributed by atoms with Crippen LogP contribution in [0.25, 0.3) is 11.5 Å². The Morgan fingerprint density at radius 2 is 1.67 bits per heavy atom. The quantitative estimate of drug-likeness (QED) is 0.404. The molecule has 1 aliphatic heterocycles. The monoisotopic (exact) mass is 482 g/mol. The highest BCUT2D eigenvalue weighted by Crippen LogP contribution is 2.21. The van der Waals surface area contributed by atoms with E-state index in [1.165, 1.54) is 5.56 Å². The molecule has 1 saturated heterocycles. The van der Waals surface area contributed by atoms with Crippen LogP contribution in [0.5, 0.6) is 0 Å². The number of benzene rings is 2. The molecule has 0 radical (unpaired) electrons. The summed E-state index contributed by atoms with van der Waals surface area (Å²) in [7, 11) is 0. The summed E-state index contributed by atoms with van der Waals surface area (Å²) in [5, 5.41) is 19.5. The van der Waals surface area contributed by atoms with Crippen LogP contribution in [0.15, 0.2) is 71.6 Å². The molecule has 2 aromatic carbocycles. The lowest BCUT2D eigenvalue weighted by molar-refractivity contribution is 0.0792. The third kappa shape index (κ3) is 5.92. The summed E-state index contributed by atoms with van der Waals surface area (Å²) in [6.07, 6.45) is 6.04. The Morgan fingerprint density at radius 1 is 1.00 bits per heavy atom. The topological polar surface area (TPSA) is 87.6 Å². The summed E-state index contributed by atoms with van der Waals surface area (Å²) in [6, 6.07) is 16.2. The van der Waals surface area contributed by atoms with E-state index in [1.54, 1.807) is 19.4 Å². The Kier molecular flexibility index (Phi) is 7.28. The van der Waals surface area contributed by atoms with E-state index in [2.05, 4.69) is 51.0 Å². The SMILES string of the molecule is C[C@H](O)c1nccn1Cc1coc(-c2ccc(C#Cc3ccc(CN4CCC(O)CC4)cc3)cc2)n1. The van der Waals surface area contributed by atoms with Crippen molar-refractivity contribution in [1.29, 1.82) is 0 Å². The van der Waals surface area contributed by atoms with Gasteiger partial charge in [-0.3, -0.25) is 4.90 Å². The minimum atomic E-state index is -0.645. The minimum absolute atomic E-state index is 0.140. The van der Waals surface area contributed by atoms with Gasteiger partial charge in [0.1, 0.15) is 18.2 Å². The van der Waals surface area contributed by atoms with Gasteiger partial charge in [-0.2, -0.15) is 0 Å². The highest BCUT2D eigenvalue weighted by molar-refractivity contribution is 5.56. The van der Waals surface area contributed by atoms with Gasteiger partial charge in [0.2, 0.25) is 5.89 Å². The molecule has 4 aromatic rings. The molecule has 0 unspecified atom stereocenters. The van der Waals surface area contributed by atoms with Crippen LogP contribution in [0.2, 0.25) is 0 Å². The van der Waals surface area contributed by atoms with Crippen LogP contribution in [0.4, 0.5) is 0 Å². The maximum Gasteiger partial charge on any atom is 0.226 e. The predicted molar refractivity (Wildman–Crippen MR) is 137 cm³/mol. The van der Waals surface area contributed by atoms with E-state index < -0.39 is 6.10 Å².